The van der Waals surface area contributed by atoms with Crippen molar-refractivity contribution >= 4 is 49.9 Å². The zero-order valence-corrected chi connectivity index (χ0v) is 20.0. The van der Waals surface area contributed by atoms with Crippen LogP contribution in [0.25, 0.3) is 10.9 Å². The highest BCUT2D eigenvalue weighted by Gasteiger charge is 2.24. The van der Waals surface area contributed by atoms with Crippen LogP contribution in [0.1, 0.15) is 24.5 Å². The molecule has 0 saturated heterocycles. The number of carboxylic acid groups (broad SMARTS) is 1. The molecule has 0 saturated carbocycles. The summed E-state index contributed by atoms with van der Waals surface area (Å²) < 4.78 is 29.2. The van der Waals surface area contributed by atoms with Crippen molar-refractivity contribution < 1.29 is 18.3 Å². The standard InChI is InChI=1S/C24H24ClN3O4S/c1-5-11-28(17(4)14-22(29)30)21-9-8-20(19-7-6-10-26-23(19)21)27-33(31,32)24-15(2)12-18(25)13-16(24)3/h1,6-10,12-13,17,27H,11,14H2,2-4H3,(H,29,30)/t17-/m0/s1. The van der Waals surface area contributed by atoms with Crippen molar-refractivity contribution in [3.63, 3.8) is 0 Å². The van der Waals surface area contributed by atoms with Gasteiger partial charge in [-0.3, -0.25) is 14.5 Å². The third kappa shape index (κ3) is 5.21. The van der Waals surface area contributed by atoms with Crippen LogP contribution in [0, 0.1) is 26.2 Å². The number of sulfonamides is 1. The summed E-state index contributed by atoms with van der Waals surface area (Å²) in [4.78, 5) is 17.6. The Morgan fingerprint density at radius 3 is 2.55 bits per heavy atom. The molecule has 3 rings (SSSR count). The molecule has 0 fully saturated rings. The number of pyridine rings is 1. The second kappa shape index (κ2) is 9.69. The molecule has 2 aromatic carbocycles. The zero-order chi connectivity index (χ0) is 24.3. The van der Waals surface area contributed by atoms with E-state index in [1.807, 2.05) is 0 Å². The first-order valence-electron chi connectivity index (χ1n) is 10.1. The van der Waals surface area contributed by atoms with Crippen LogP contribution in [-0.4, -0.2) is 37.1 Å². The van der Waals surface area contributed by atoms with Crippen LogP contribution >= 0.6 is 11.6 Å². The number of aryl methyl sites for hydroxylation is 2. The first kappa shape index (κ1) is 24.4. The Balaban J connectivity index is 2.11. The van der Waals surface area contributed by atoms with E-state index < -0.39 is 22.0 Å². The van der Waals surface area contributed by atoms with E-state index in [1.165, 1.54) is 0 Å². The van der Waals surface area contributed by atoms with Gasteiger partial charge >= 0.3 is 5.97 Å². The molecule has 1 heterocycles. The summed E-state index contributed by atoms with van der Waals surface area (Å²) >= 11 is 6.06. The topological polar surface area (TPSA) is 99.6 Å². The van der Waals surface area contributed by atoms with Gasteiger partial charge in [0, 0.05) is 22.6 Å². The highest BCUT2D eigenvalue weighted by atomic mass is 35.5. The Hall–Kier alpha value is -3.28. The van der Waals surface area contributed by atoms with E-state index in [1.54, 1.807) is 68.3 Å². The summed E-state index contributed by atoms with van der Waals surface area (Å²) in [7, 11) is -3.92. The minimum atomic E-state index is -3.92. The number of hydrogen-bond donors (Lipinski definition) is 2. The number of carboxylic acids is 1. The highest BCUT2D eigenvalue weighted by molar-refractivity contribution is 7.92. The summed E-state index contributed by atoms with van der Waals surface area (Å²) in [6.45, 7) is 5.33. The number of fused-ring (bicyclic) bond motifs is 1. The smallest absolute Gasteiger partial charge is 0.305 e. The Morgan fingerprint density at radius 2 is 1.94 bits per heavy atom. The van der Waals surface area contributed by atoms with E-state index in [9.17, 15) is 18.3 Å². The monoisotopic (exact) mass is 485 g/mol. The second-order valence-corrected chi connectivity index (χ2v) is 9.84. The van der Waals surface area contributed by atoms with Gasteiger partial charge in [0.1, 0.15) is 0 Å². The SMILES string of the molecule is C#CCN(c1ccc(NS(=O)(=O)c2c(C)cc(Cl)cc2C)c2cccnc12)[C@@H](C)CC(=O)O. The lowest BCUT2D eigenvalue weighted by molar-refractivity contribution is -0.137. The number of nitrogens with one attached hydrogen (secondary N) is 1. The maximum atomic E-state index is 13.3. The summed E-state index contributed by atoms with van der Waals surface area (Å²) in [6, 6.07) is 9.60. The third-order valence-corrected chi connectivity index (χ3v) is 7.15. The summed E-state index contributed by atoms with van der Waals surface area (Å²) in [6.07, 6.45) is 7.01. The maximum absolute atomic E-state index is 13.3. The number of hydrogen-bond acceptors (Lipinski definition) is 5. The lowest BCUT2D eigenvalue weighted by atomic mass is 10.1. The van der Waals surface area contributed by atoms with Crippen LogP contribution in [0.5, 0.6) is 0 Å². The Kier molecular flexibility index (Phi) is 7.15. The van der Waals surface area contributed by atoms with Gasteiger partial charge in [-0.1, -0.05) is 17.5 Å². The highest BCUT2D eigenvalue weighted by Crippen LogP contribution is 2.34. The molecule has 7 nitrogen and oxygen atoms in total. The molecule has 2 N–H and O–H groups in total. The van der Waals surface area contributed by atoms with Gasteiger partial charge in [0.15, 0.2) is 0 Å². The fourth-order valence-electron chi connectivity index (χ4n) is 3.94. The van der Waals surface area contributed by atoms with Crippen molar-refractivity contribution in [2.24, 2.45) is 0 Å². The predicted molar refractivity (Wildman–Crippen MR) is 131 cm³/mol. The van der Waals surface area contributed by atoms with Crippen molar-refractivity contribution in [1.29, 1.82) is 0 Å². The molecule has 33 heavy (non-hydrogen) atoms. The Morgan fingerprint density at radius 1 is 1.27 bits per heavy atom. The number of rotatable bonds is 8. The third-order valence-electron chi connectivity index (χ3n) is 5.26. The fourth-order valence-corrected chi connectivity index (χ4v) is 5.80. The number of nitrogens with zero attached hydrogens (tertiary/aromatic N) is 2. The molecule has 0 aliphatic carbocycles. The normalized spacial score (nSPS) is 12.2. The average molecular weight is 486 g/mol. The van der Waals surface area contributed by atoms with Gasteiger partial charge in [-0.05, 0) is 68.3 Å². The largest absolute Gasteiger partial charge is 0.481 e. The molecule has 3 aromatic rings. The number of anilines is 2. The van der Waals surface area contributed by atoms with Crippen LogP contribution in [0.2, 0.25) is 5.02 Å². The van der Waals surface area contributed by atoms with Gasteiger partial charge in [0.05, 0.1) is 34.8 Å². The fraction of sp³-hybridized carbons (Fsp3) is 0.250. The van der Waals surface area contributed by atoms with Gasteiger partial charge in [-0.25, -0.2) is 8.42 Å². The molecule has 1 aromatic heterocycles. The molecule has 172 valence electrons. The maximum Gasteiger partial charge on any atom is 0.305 e. The van der Waals surface area contributed by atoms with Gasteiger partial charge in [-0.2, -0.15) is 0 Å². The van der Waals surface area contributed by atoms with Crippen LogP contribution in [0.4, 0.5) is 11.4 Å². The molecular weight excluding hydrogens is 462 g/mol. The quantitative estimate of drug-likeness (QED) is 0.452. The van der Waals surface area contributed by atoms with Crippen molar-refractivity contribution in [2.45, 2.75) is 38.1 Å². The molecule has 1 atom stereocenters. The number of benzene rings is 2. The molecule has 0 amide bonds. The lowest BCUT2D eigenvalue weighted by Gasteiger charge is -2.29. The van der Waals surface area contributed by atoms with Gasteiger partial charge in [0.2, 0.25) is 0 Å². The molecule has 0 unspecified atom stereocenters. The number of halogens is 1. The molecule has 0 aliphatic rings. The summed E-state index contributed by atoms with van der Waals surface area (Å²) in [5.74, 6) is 1.61. The zero-order valence-electron chi connectivity index (χ0n) is 18.5. The van der Waals surface area contributed by atoms with E-state index in [4.69, 9.17) is 18.0 Å². The number of carbonyl (C=O) groups is 1. The van der Waals surface area contributed by atoms with E-state index in [-0.39, 0.29) is 17.9 Å². The second-order valence-electron chi connectivity index (χ2n) is 7.78. The number of terminal acetylenes is 1. The summed E-state index contributed by atoms with van der Waals surface area (Å²) in [5, 5.41) is 10.3. The van der Waals surface area contributed by atoms with E-state index in [0.29, 0.717) is 38.4 Å². The van der Waals surface area contributed by atoms with Crippen LogP contribution in [0.3, 0.4) is 0 Å². The van der Waals surface area contributed by atoms with Crippen molar-refractivity contribution in [2.75, 3.05) is 16.2 Å². The number of aliphatic carboxylic acids is 1. The van der Waals surface area contributed by atoms with E-state index in [0.717, 1.165) is 0 Å². The van der Waals surface area contributed by atoms with Gasteiger partial charge in [-0.15, -0.1) is 6.42 Å². The molecule has 0 aliphatic heterocycles. The Bertz CT molecular complexity index is 1340. The Labute approximate surface area is 198 Å². The van der Waals surface area contributed by atoms with Crippen molar-refractivity contribution in [3.05, 3.63) is 58.7 Å². The van der Waals surface area contributed by atoms with Crippen LogP contribution in [-0.2, 0) is 14.8 Å². The van der Waals surface area contributed by atoms with E-state index in [2.05, 4.69) is 15.6 Å². The predicted octanol–water partition coefficient (Wildman–Crippen LogP) is 4.61. The molecular formula is C24H24ClN3O4S. The minimum absolute atomic E-state index is 0.112. The lowest BCUT2D eigenvalue weighted by Crippen LogP contribution is -2.35. The molecule has 0 bridgehead atoms. The average Bonchev–Trinajstić information content (AvgIpc) is 2.71. The first-order chi connectivity index (χ1) is 15.5. The number of aromatic nitrogens is 1. The van der Waals surface area contributed by atoms with Gasteiger partial charge in [0.25, 0.3) is 10.0 Å². The van der Waals surface area contributed by atoms with Crippen molar-refractivity contribution in [1.82, 2.24) is 4.98 Å². The molecule has 0 spiro atoms. The molecule has 0 radical (unpaired) electrons. The summed E-state index contributed by atoms with van der Waals surface area (Å²) in [5.41, 5.74) is 2.56. The van der Waals surface area contributed by atoms with Gasteiger partial charge < -0.3 is 10.0 Å². The minimum Gasteiger partial charge on any atom is -0.481 e. The first-order valence-corrected chi connectivity index (χ1v) is 12.0. The van der Waals surface area contributed by atoms with Crippen LogP contribution in [0.15, 0.2) is 47.5 Å². The van der Waals surface area contributed by atoms with E-state index >= 15 is 0 Å². The van der Waals surface area contributed by atoms with Crippen LogP contribution < -0.4 is 9.62 Å². The van der Waals surface area contributed by atoms with Crippen molar-refractivity contribution in [3.8, 4) is 12.3 Å². The molecule has 9 heteroatoms.